The topological polar surface area (TPSA) is 70.6 Å². The summed E-state index contributed by atoms with van der Waals surface area (Å²) in [7, 11) is 1.46. The van der Waals surface area contributed by atoms with Gasteiger partial charge in [-0.1, -0.05) is 6.07 Å². The first kappa shape index (κ1) is 14.8. The molecule has 5 nitrogen and oxygen atoms in total. The van der Waals surface area contributed by atoms with Crippen LogP contribution in [0.25, 0.3) is 0 Å². The number of aliphatic hydroxyl groups is 1. The Hall–Kier alpha value is -1.30. The molecule has 1 aromatic carbocycles. The van der Waals surface area contributed by atoms with Crippen molar-refractivity contribution in [2.24, 2.45) is 0 Å². The molecule has 1 unspecified atom stereocenters. The molecular weight excluding hydrogens is 256 g/mol. The first-order valence-corrected chi connectivity index (χ1v) is 6.06. The summed E-state index contributed by atoms with van der Waals surface area (Å²) in [6, 6.07) is 7.19. The molecular formula is C12H17ClN2O3. The maximum Gasteiger partial charge on any atom is 0.250 e. The van der Waals surface area contributed by atoms with E-state index in [-0.39, 0.29) is 18.4 Å². The number of rotatable bonds is 7. The molecule has 0 heterocycles. The van der Waals surface area contributed by atoms with Crippen LogP contribution in [0.2, 0.25) is 0 Å². The standard InChI is InChI=1S/C12H17ClN2O3/c1-18-8-12(17)15-10-4-2-3-9(5-10)14-7-11(16)6-13/h2-5,11,14,16H,6-8H2,1H3,(H,15,17). The molecule has 1 amide bonds. The molecule has 3 N–H and O–H groups in total. The van der Waals surface area contributed by atoms with Crippen molar-refractivity contribution in [2.45, 2.75) is 6.10 Å². The van der Waals surface area contributed by atoms with Gasteiger partial charge in [-0.2, -0.15) is 0 Å². The highest BCUT2D eigenvalue weighted by atomic mass is 35.5. The van der Waals surface area contributed by atoms with Crippen LogP contribution in [0.15, 0.2) is 24.3 Å². The van der Waals surface area contributed by atoms with E-state index in [1.807, 2.05) is 6.07 Å². The number of hydrogen-bond donors (Lipinski definition) is 3. The fraction of sp³-hybridized carbons (Fsp3) is 0.417. The molecule has 0 fully saturated rings. The number of aliphatic hydroxyl groups excluding tert-OH is 1. The number of carbonyl (C=O) groups excluding carboxylic acids is 1. The smallest absolute Gasteiger partial charge is 0.250 e. The molecule has 0 bridgehead atoms. The second-order valence-electron chi connectivity index (χ2n) is 3.75. The summed E-state index contributed by atoms with van der Waals surface area (Å²) < 4.78 is 4.72. The summed E-state index contributed by atoms with van der Waals surface area (Å²) in [5, 5.41) is 15.0. The third-order valence-electron chi connectivity index (χ3n) is 2.14. The second kappa shape index (κ2) is 7.92. The fourth-order valence-corrected chi connectivity index (χ4v) is 1.43. The summed E-state index contributed by atoms with van der Waals surface area (Å²) in [5.74, 6) is -0.0347. The van der Waals surface area contributed by atoms with Crippen LogP contribution in [0.3, 0.4) is 0 Å². The lowest BCUT2D eigenvalue weighted by molar-refractivity contribution is -0.119. The van der Waals surface area contributed by atoms with E-state index < -0.39 is 6.10 Å². The normalized spacial score (nSPS) is 11.9. The van der Waals surface area contributed by atoms with Gasteiger partial charge in [-0.25, -0.2) is 0 Å². The minimum Gasteiger partial charge on any atom is -0.390 e. The molecule has 6 heteroatoms. The number of anilines is 2. The molecule has 0 radical (unpaired) electrons. The molecule has 0 aromatic heterocycles. The van der Waals surface area contributed by atoms with E-state index >= 15 is 0 Å². The van der Waals surface area contributed by atoms with Gasteiger partial charge in [0.05, 0.1) is 12.0 Å². The predicted molar refractivity (Wildman–Crippen MR) is 72.2 cm³/mol. The van der Waals surface area contributed by atoms with Crippen molar-refractivity contribution in [1.29, 1.82) is 0 Å². The monoisotopic (exact) mass is 272 g/mol. The molecule has 1 atom stereocenters. The van der Waals surface area contributed by atoms with E-state index in [0.29, 0.717) is 12.2 Å². The Balaban J connectivity index is 2.53. The van der Waals surface area contributed by atoms with Crippen LogP contribution in [-0.2, 0) is 9.53 Å². The van der Waals surface area contributed by atoms with Crippen molar-refractivity contribution >= 4 is 28.9 Å². The van der Waals surface area contributed by atoms with E-state index in [4.69, 9.17) is 16.3 Å². The predicted octanol–water partition coefficient (Wildman–Crippen LogP) is 1.28. The van der Waals surface area contributed by atoms with E-state index in [2.05, 4.69) is 10.6 Å². The fourth-order valence-electron chi connectivity index (χ4n) is 1.33. The Labute approximate surface area is 111 Å². The molecule has 0 aliphatic carbocycles. The zero-order valence-corrected chi connectivity index (χ0v) is 10.9. The molecule has 100 valence electrons. The van der Waals surface area contributed by atoms with Gasteiger partial charge in [0.2, 0.25) is 5.91 Å². The molecule has 0 spiro atoms. The molecule has 0 aliphatic rings. The van der Waals surface area contributed by atoms with Gasteiger partial charge in [-0.15, -0.1) is 11.6 Å². The minimum absolute atomic E-state index is 0.0165. The molecule has 1 aromatic rings. The Bertz CT molecular complexity index is 387. The summed E-state index contributed by atoms with van der Waals surface area (Å²) in [4.78, 5) is 11.3. The van der Waals surface area contributed by atoms with Crippen LogP contribution in [0.4, 0.5) is 11.4 Å². The molecule has 18 heavy (non-hydrogen) atoms. The van der Waals surface area contributed by atoms with Crippen molar-refractivity contribution < 1.29 is 14.6 Å². The van der Waals surface area contributed by atoms with Crippen LogP contribution < -0.4 is 10.6 Å². The van der Waals surface area contributed by atoms with Crippen LogP contribution in [0, 0.1) is 0 Å². The van der Waals surface area contributed by atoms with Crippen molar-refractivity contribution in [3.63, 3.8) is 0 Å². The zero-order valence-electron chi connectivity index (χ0n) is 10.1. The lowest BCUT2D eigenvalue weighted by Gasteiger charge is -2.11. The number of methoxy groups -OCH3 is 1. The van der Waals surface area contributed by atoms with Gasteiger partial charge in [0.15, 0.2) is 0 Å². The molecule has 0 saturated heterocycles. The van der Waals surface area contributed by atoms with E-state index in [9.17, 15) is 9.90 Å². The number of benzene rings is 1. The van der Waals surface area contributed by atoms with Gasteiger partial charge in [0.1, 0.15) is 6.61 Å². The number of amides is 1. The molecule has 0 aliphatic heterocycles. The second-order valence-corrected chi connectivity index (χ2v) is 4.06. The van der Waals surface area contributed by atoms with Crippen LogP contribution in [0.1, 0.15) is 0 Å². The van der Waals surface area contributed by atoms with Crippen LogP contribution in [0.5, 0.6) is 0 Å². The van der Waals surface area contributed by atoms with Crippen LogP contribution in [-0.4, -0.2) is 43.3 Å². The average Bonchev–Trinajstić information content (AvgIpc) is 2.36. The Kier molecular flexibility index (Phi) is 6.49. The maximum absolute atomic E-state index is 11.3. The third kappa shape index (κ3) is 5.35. The van der Waals surface area contributed by atoms with E-state index in [1.165, 1.54) is 7.11 Å². The third-order valence-corrected chi connectivity index (χ3v) is 2.50. The number of nitrogens with one attached hydrogen (secondary N) is 2. The van der Waals surface area contributed by atoms with E-state index in [0.717, 1.165) is 5.69 Å². The SMILES string of the molecule is COCC(=O)Nc1cccc(NCC(O)CCl)c1. The Morgan fingerprint density at radius 1 is 1.50 bits per heavy atom. The first-order chi connectivity index (χ1) is 8.65. The number of hydrogen-bond acceptors (Lipinski definition) is 4. The molecule has 0 saturated carbocycles. The van der Waals surface area contributed by atoms with Crippen molar-refractivity contribution in [3.05, 3.63) is 24.3 Å². The quantitative estimate of drug-likeness (QED) is 0.654. The largest absolute Gasteiger partial charge is 0.390 e. The minimum atomic E-state index is -0.599. The van der Waals surface area contributed by atoms with Gasteiger partial charge in [0, 0.05) is 25.0 Å². The van der Waals surface area contributed by atoms with Crippen molar-refractivity contribution in [2.75, 3.05) is 36.8 Å². The molecule has 1 rings (SSSR count). The highest BCUT2D eigenvalue weighted by Crippen LogP contribution is 2.15. The number of halogens is 1. The first-order valence-electron chi connectivity index (χ1n) is 5.52. The Morgan fingerprint density at radius 3 is 2.89 bits per heavy atom. The van der Waals surface area contributed by atoms with Crippen LogP contribution >= 0.6 is 11.6 Å². The summed E-state index contributed by atoms with van der Waals surface area (Å²) in [5.41, 5.74) is 1.47. The van der Waals surface area contributed by atoms with Crippen molar-refractivity contribution in [1.82, 2.24) is 0 Å². The van der Waals surface area contributed by atoms with Crippen molar-refractivity contribution in [3.8, 4) is 0 Å². The zero-order chi connectivity index (χ0) is 13.4. The average molecular weight is 273 g/mol. The van der Waals surface area contributed by atoms with Gasteiger partial charge in [0.25, 0.3) is 0 Å². The summed E-state index contributed by atoms with van der Waals surface area (Å²) in [6.07, 6.45) is -0.599. The lowest BCUT2D eigenvalue weighted by atomic mass is 10.2. The lowest BCUT2D eigenvalue weighted by Crippen LogP contribution is -2.21. The highest BCUT2D eigenvalue weighted by molar-refractivity contribution is 6.18. The van der Waals surface area contributed by atoms with Gasteiger partial charge < -0.3 is 20.5 Å². The maximum atomic E-state index is 11.3. The highest BCUT2D eigenvalue weighted by Gasteiger charge is 2.04. The van der Waals surface area contributed by atoms with Gasteiger partial charge in [-0.05, 0) is 18.2 Å². The van der Waals surface area contributed by atoms with E-state index in [1.54, 1.807) is 18.2 Å². The Morgan fingerprint density at radius 2 is 2.22 bits per heavy atom. The summed E-state index contributed by atoms with van der Waals surface area (Å²) in [6.45, 7) is 0.377. The van der Waals surface area contributed by atoms with Gasteiger partial charge in [-0.3, -0.25) is 4.79 Å². The number of alkyl halides is 1. The van der Waals surface area contributed by atoms with Gasteiger partial charge >= 0.3 is 0 Å². The number of ether oxygens (including phenoxy) is 1. The summed E-state index contributed by atoms with van der Waals surface area (Å²) >= 11 is 5.49. The number of carbonyl (C=O) groups is 1.